The van der Waals surface area contributed by atoms with Crippen LogP contribution in [0.25, 0.3) is 0 Å². The molecule has 0 spiro atoms. The van der Waals surface area contributed by atoms with Crippen LogP contribution in [0.4, 0.5) is 0 Å². The predicted octanol–water partition coefficient (Wildman–Crippen LogP) is 1.74. The molecule has 3 heteroatoms. The van der Waals surface area contributed by atoms with Gasteiger partial charge in [0, 0.05) is 12.6 Å². The van der Waals surface area contributed by atoms with E-state index in [-0.39, 0.29) is 6.10 Å². The van der Waals surface area contributed by atoms with E-state index in [1.54, 1.807) is 7.11 Å². The number of hydrogen-bond donors (Lipinski definition) is 1. The molecule has 0 saturated carbocycles. The summed E-state index contributed by atoms with van der Waals surface area (Å²) in [5, 5.41) is 3.40. The van der Waals surface area contributed by atoms with Gasteiger partial charge in [0.05, 0.1) is 19.8 Å². The highest BCUT2D eigenvalue weighted by atomic mass is 16.5. The van der Waals surface area contributed by atoms with Crippen molar-refractivity contribution in [1.82, 2.24) is 5.32 Å². The van der Waals surface area contributed by atoms with Gasteiger partial charge in [0.25, 0.3) is 0 Å². The van der Waals surface area contributed by atoms with Crippen molar-refractivity contribution < 1.29 is 9.47 Å². The van der Waals surface area contributed by atoms with Crippen LogP contribution in [0, 0.1) is 0 Å². The quantitative estimate of drug-likeness (QED) is 0.801. The van der Waals surface area contributed by atoms with E-state index in [0.717, 1.165) is 18.9 Å². The van der Waals surface area contributed by atoms with E-state index in [0.29, 0.717) is 6.04 Å². The Bertz CT molecular complexity index is 319. The Balaban J connectivity index is 2.08. The van der Waals surface area contributed by atoms with Crippen molar-refractivity contribution >= 4 is 0 Å². The van der Waals surface area contributed by atoms with Crippen molar-refractivity contribution in [1.29, 1.82) is 0 Å². The highest BCUT2D eigenvalue weighted by Crippen LogP contribution is 2.23. The molecule has 0 aromatic heterocycles. The first-order valence-electron chi connectivity index (χ1n) is 5.28. The average Bonchev–Trinajstić information content (AvgIpc) is 2.30. The molecule has 0 aliphatic carbocycles. The monoisotopic (exact) mass is 207 g/mol. The molecule has 1 aromatic carbocycles. The van der Waals surface area contributed by atoms with Gasteiger partial charge in [-0.3, -0.25) is 0 Å². The Hall–Kier alpha value is -1.06. The van der Waals surface area contributed by atoms with Gasteiger partial charge in [0.1, 0.15) is 5.75 Å². The second-order valence-corrected chi connectivity index (χ2v) is 3.91. The first-order chi connectivity index (χ1) is 7.29. The SMILES string of the molecule is COc1cccc([C@H]2CNC(C)CO2)c1. The number of benzene rings is 1. The van der Waals surface area contributed by atoms with Crippen LogP contribution < -0.4 is 10.1 Å². The van der Waals surface area contributed by atoms with Gasteiger partial charge in [-0.15, -0.1) is 0 Å². The van der Waals surface area contributed by atoms with Crippen LogP contribution in [0.5, 0.6) is 5.75 Å². The summed E-state index contributed by atoms with van der Waals surface area (Å²) in [6.45, 7) is 3.76. The summed E-state index contributed by atoms with van der Waals surface area (Å²) in [5.74, 6) is 0.884. The molecule has 0 amide bonds. The van der Waals surface area contributed by atoms with Crippen molar-refractivity contribution in [3.8, 4) is 5.75 Å². The maximum Gasteiger partial charge on any atom is 0.119 e. The van der Waals surface area contributed by atoms with Crippen LogP contribution in [0.2, 0.25) is 0 Å². The van der Waals surface area contributed by atoms with Gasteiger partial charge < -0.3 is 14.8 Å². The topological polar surface area (TPSA) is 30.5 Å². The number of rotatable bonds is 2. The molecular formula is C12H17NO2. The number of morpholine rings is 1. The van der Waals surface area contributed by atoms with Gasteiger partial charge in [0.2, 0.25) is 0 Å². The second kappa shape index (κ2) is 4.64. The van der Waals surface area contributed by atoms with E-state index in [9.17, 15) is 0 Å². The molecule has 0 radical (unpaired) electrons. The molecule has 2 atom stereocenters. The summed E-state index contributed by atoms with van der Waals surface area (Å²) in [6.07, 6.45) is 0.149. The molecular weight excluding hydrogens is 190 g/mol. The van der Waals surface area contributed by atoms with Crippen LogP contribution in [-0.4, -0.2) is 26.3 Å². The third kappa shape index (κ3) is 2.49. The van der Waals surface area contributed by atoms with Crippen molar-refractivity contribution in [2.75, 3.05) is 20.3 Å². The fraction of sp³-hybridized carbons (Fsp3) is 0.500. The summed E-state index contributed by atoms with van der Waals surface area (Å²) < 4.78 is 10.9. The van der Waals surface area contributed by atoms with Crippen LogP contribution >= 0.6 is 0 Å². The van der Waals surface area contributed by atoms with Crippen LogP contribution in [-0.2, 0) is 4.74 Å². The van der Waals surface area contributed by atoms with E-state index in [4.69, 9.17) is 9.47 Å². The summed E-state index contributed by atoms with van der Waals surface area (Å²) in [7, 11) is 1.68. The molecule has 82 valence electrons. The molecule has 1 aliphatic rings. The number of hydrogen-bond acceptors (Lipinski definition) is 3. The average molecular weight is 207 g/mol. The van der Waals surface area contributed by atoms with Gasteiger partial charge in [-0.1, -0.05) is 12.1 Å². The molecule has 1 saturated heterocycles. The first kappa shape index (κ1) is 10.5. The standard InChI is InChI=1S/C12H17NO2/c1-9-8-15-12(7-13-9)10-4-3-5-11(6-10)14-2/h3-6,9,12-13H,7-8H2,1-2H3/t9?,12-/m1/s1. The molecule has 2 rings (SSSR count). The molecule has 3 nitrogen and oxygen atoms in total. The largest absolute Gasteiger partial charge is 0.497 e. The molecule has 1 fully saturated rings. The lowest BCUT2D eigenvalue weighted by Gasteiger charge is -2.28. The lowest BCUT2D eigenvalue weighted by molar-refractivity contribution is 0.00686. The smallest absolute Gasteiger partial charge is 0.119 e. The van der Waals surface area contributed by atoms with Gasteiger partial charge in [0.15, 0.2) is 0 Å². The highest BCUT2D eigenvalue weighted by molar-refractivity contribution is 5.30. The minimum Gasteiger partial charge on any atom is -0.497 e. The molecule has 15 heavy (non-hydrogen) atoms. The van der Waals surface area contributed by atoms with Crippen LogP contribution in [0.15, 0.2) is 24.3 Å². The normalized spacial score (nSPS) is 26.3. The maximum atomic E-state index is 5.76. The van der Waals surface area contributed by atoms with Gasteiger partial charge >= 0.3 is 0 Å². The maximum absolute atomic E-state index is 5.76. The number of nitrogens with one attached hydrogen (secondary N) is 1. The third-order valence-electron chi connectivity index (χ3n) is 2.66. The fourth-order valence-electron chi connectivity index (χ4n) is 1.74. The van der Waals surface area contributed by atoms with E-state index in [2.05, 4.69) is 18.3 Å². The Kier molecular flexibility index (Phi) is 3.23. The lowest BCUT2D eigenvalue weighted by atomic mass is 10.1. The molecule has 1 heterocycles. The minimum absolute atomic E-state index is 0.149. The highest BCUT2D eigenvalue weighted by Gasteiger charge is 2.19. The van der Waals surface area contributed by atoms with Crippen LogP contribution in [0.3, 0.4) is 0 Å². The molecule has 1 unspecified atom stereocenters. The number of methoxy groups -OCH3 is 1. The molecule has 1 aromatic rings. The Morgan fingerprint density at radius 2 is 2.33 bits per heavy atom. The number of ether oxygens (including phenoxy) is 2. The summed E-state index contributed by atoms with van der Waals surface area (Å²) >= 11 is 0. The summed E-state index contributed by atoms with van der Waals surface area (Å²) in [4.78, 5) is 0. The lowest BCUT2D eigenvalue weighted by Crippen LogP contribution is -2.40. The van der Waals surface area contributed by atoms with Gasteiger partial charge in [-0.05, 0) is 24.6 Å². The Morgan fingerprint density at radius 3 is 3.00 bits per heavy atom. The van der Waals surface area contributed by atoms with Crippen molar-refractivity contribution in [2.24, 2.45) is 0 Å². The summed E-state index contributed by atoms with van der Waals surface area (Å²) in [5.41, 5.74) is 1.17. The van der Waals surface area contributed by atoms with Crippen LogP contribution in [0.1, 0.15) is 18.6 Å². The zero-order valence-corrected chi connectivity index (χ0v) is 9.19. The first-order valence-corrected chi connectivity index (χ1v) is 5.28. The van der Waals surface area contributed by atoms with E-state index >= 15 is 0 Å². The zero-order chi connectivity index (χ0) is 10.7. The van der Waals surface area contributed by atoms with E-state index < -0.39 is 0 Å². The Labute approximate surface area is 90.4 Å². The minimum atomic E-state index is 0.149. The molecule has 0 bridgehead atoms. The van der Waals surface area contributed by atoms with E-state index in [1.165, 1.54) is 5.56 Å². The fourth-order valence-corrected chi connectivity index (χ4v) is 1.74. The molecule has 1 N–H and O–H groups in total. The van der Waals surface area contributed by atoms with Gasteiger partial charge in [-0.25, -0.2) is 0 Å². The van der Waals surface area contributed by atoms with Crippen molar-refractivity contribution in [2.45, 2.75) is 19.1 Å². The predicted molar refractivity (Wildman–Crippen MR) is 59.2 cm³/mol. The Morgan fingerprint density at radius 1 is 1.47 bits per heavy atom. The third-order valence-corrected chi connectivity index (χ3v) is 2.66. The van der Waals surface area contributed by atoms with Gasteiger partial charge in [-0.2, -0.15) is 0 Å². The summed E-state index contributed by atoms with van der Waals surface area (Å²) in [6, 6.07) is 8.50. The second-order valence-electron chi connectivity index (χ2n) is 3.91. The molecule has 1 aliphatic heterocycles. The van der Waals surface area contributed by atoms with E-state index in [1.807, 2.05) is 18.2 Å². The zero-order valence-electron chi connectivity index (χ0n) is 9.19. The van der Waals surface area contributed by atoms with Crippen molar-refractivity contribution in [3.05, 3.63) is 29.8 Å². The van der Waals surface area contributed by atoms with Crippen molar-refractivity contribution in [3.63, 3.8) is 0 Å².